The van der Waals surface area contributed by atoms with Gasteiger partial charge in [0, 0.05) is 28.7 Å². The molecule has 0 spiro atoms. The molecule has 4 rings (SSSR count). The molecular formula is C24H21ClF3N3OS. The SMILES string of the molecule is CNCc1cn(Sc2ccc(OC(F)(F)F)cc2)c2cc(Nc3ccc(C)cc3Cl)ccc12. The normalized spacial score (nSPS) is 11.7. The van der Waals surface area contributed by atoms with Gasteiger partial charge in [-0.05, 0) is 85.6 Å². The zero-order chi connectivity index (χ0) is 23.6. The van der Waals surface area contributed by atoms with Crippen molar-refractivity contribution in [2.75, 3.05) is 12.4 Å². The molecule has 0 atom stereocenters. The first kappa shape index (κ1) is 23.4. The molecule has 0 aliphatic carbocycles. The first-order chi connectivity index (χ1) is 15.7. The number of alkyl halides is 3. The fourth-order valence-corrected chi connectivity index (χ4v) is 4.64. The highest BCUT2D eigenvalue weighted by Gasteiger charge is 2.31. The molecule has 172 valence electrons. The fraction of sp³-hybridized carbons (Fsp3) is 0.167. The van der Waals surface area contributed by atoms with Crippen LogP contribution in [0.3, 0.4) is 0 Å². The van der Waals surface area contributed by atoms with Gasteiger partial charge >= 0.3 is 6.36 Å². The van der Waals surface area contributed by atoms with Gasteiger partial charge in [-0.15, -0.1) is 13.2 Å². The van der Waals surface area contributed by atoms with Crippen LogP contribution in [-0.2, 0) is 6.54 Å². The molecular weight excluding hydrogens is 471 g/mol. The van der Waals surface area contributed by atoms with Gasteiger partial charge in [-0.2, -0.15) is 0 Å². The number of nitrogens with zero attached hydrogens (tertiary/aromatic N) is 1. The van der Waals surface area contributed by atoms with Crippen LogP contribution in [0.4, 0.5) is 24.5 Å². The third-order valence-corrected chi connectivity index (χ3v) is 6.18. The Morgan fingerprint density at radius 3 is 2.45 bits per heavy atom. The number of anilines is 2. The average molecular weight is 492 g/mol. The number of hydrogen-bond acceptors (Lipinski definition) is 4. The van der Waals surface area contributed by atoms with Crippen molar-refractivity contribution in [3.05, 3.63) is 83.0 Å². The summed E-state index contributed by atoms with van der Waals surface area (Å²) in [4.78, 5) is 0.775. The van der Waals surface area contributed by atoms with Crippen LogP contribution >= 0.6 is 23.5 Å². The minimum atomic E-state index is -4.71. The molecule has 9 heteroatoms. The van der Waals surface area contributed by atoms with Gasteiger partial charge in [-0.1, -0.05) is 23.7 Å². The van der Waals surface area contributed by atoms with Crippen LogP contribution in [0.1, 0.15) is 11.1 Å². The highest BCUT2D eigenvalue weighted by molar-refractivity contribution is 7.98. The Balaban J connectivity index is 1.64. The van der Waals surface area contributed by atoms with Crippen molar-refractivity contribution in [3.63, 3.8) is 0 Å². The summed E-state index contributed by atoms with van der Waals surface area (Å²) in [6.07, 6.45) is -2.69. The standard InChI is InChI=1S/C24H21ClF3N3OS/c1-15-3-10-22(21(25)11-15)30-17-4-9-20-16(13-29-2)14-31(23(20)12-17)33-19-7-5-18(6-8-19)32-24(26,27)28/h3-12,14,29-30H,13H2,1-2H3. The number of aryl methyl sites for hydroxylation is 1. The number of fused-ring (bicyclic) bond motifs is 1. The largest absolute Gasteiger partial charge is 0.573 e. The van der Waals surface area contributed by atoms with E-state index in [1.807, 2.05) is 60.5 Å². The van der Waals surface area contributed by atoms with Crippen LogP contribution < -0.4 is 15.4 Å². The van der Waals surface area contributed by atoms with Crippen LogP contribution in [0.25, 0.3) is 10.9 Å². The van der Waals surface area contributed by atoms with E-state index in [0.717, 1.165) is 38.3 Å². The van der Waals surface area contributed by atoms with Gasteiger partial charge in [-0.3, -0.25) is 3.97 Å². The summed E-state index contributed by atoms with van der Waals surface area (Å²) < 4.78 is 43.2. The molecule has 0 amide bonds. The summed E-state index contributed by atoms with van der Waals surface area (Å²) in [5, 5.41) is 8.25. The monoisotopic (exact) mass is 491 g/mol. The first-order valence-electron chi connectivity index (χ1n) is 10.1. The number of aromatic nitrogens is 1. The summed E-state index contributed by atoms with van der Waals surface area (Å²) in [7, 11) is 1.88. The molecule has 0 saturated carbocycles. The Kier molecular flexibility index (Phi) is 6.78. The van der Waals surface area contributed by atoms with Crippen LogP contribution in [-0.4, -0.2) is 17.4 Å². The van der Waals surface area contributed by atoms with Gasteiger partial charge < -0.3 is 15.4 Å². The number of benzene rings is 3. The maximum Gasteiger partial charge on any atom is 0.573 e. The van der Waals surface area contributed by atoms with E-state index >= 15 is 0 Å². The summed E-state index contributed by atoms with van der Waals surface area (Å²) in [5.41, 5.74) is 4.84. The zero-order valence-electron chi connectivity index (χ0n) is 17.8. The molecule has 4 aromatic rings. The van der Waals surface area contributed by atoms with Crippen molar-refractivity contribution >= 4 is 45.8 Å². The number of halogens is 4. The predicted octanol–water partition coefficient (Wildman–Crippen LogP) is 7.52. The van der Waals surface area contributed by atoms with E-state index in [9.17, 15) is 13.2 Å². The maximum absolute atomic E-state index is 12.4. The van der Waals surface area contributed by atoms with Crippen molar-refractivity contribution in [2.45, 2.75) is 24.7 Å². The quantitative estimate of drug-likeness (QED) is 0.280. The summed E-state index contributed by atoms with van der Waals surface area (Å²) in [5.74, 6) is -0.249. The number of rotatable bonds is 7. The molecule has 0 unspecified atom stereocenters. The summed E-state index contributed by atoms with van der Waals surface area (Å²) in [6.45, 7) is 2.66. The molecule has 0 aliphatic rings. The van der Waals surface area contributed by atoms with Crippen LogP contribution in [0, 0.1) is 6.92 Å². The summed E-state index contributed by atoms with van der Waals surface area (Å²) in [6, 6.07) is 17.7. The number of ether oxygens (including phenoxy) is 1. The first-order valence-corrected chi connectivity index (χ1v) is 11.2. The Bertz CT molecular complexity index is 1270. The molecule has 1 heterocycles. The van der Waals surface area contributed by atoms with E-state index in [2.05, 4.69) is 15.4 Å². The lowest BCUT2D eigenvalue weighted by Crippen LogP contribution is -2.16. The number of hydrogen-bond donors (Lipinski definition) is 2. The molecule has 1 aromatic heterocycles. The topological polar surface area (TPSA) is 38.2 Å². The van der Waals surface area contributed by atoms with Crippen molar-refractivity contribution in [1.29, 1.82) is 0 Å². The van der Waals surface area contributed by atoms with Gasteiger partial charge in [0.1, 0.15) is 5.75 Å². The molecule has 3 aromatic carbocycles. The minimum Gasteiger partial charge on any atom is -0.406 e. The maximum atomic E-state index is 12.4. The molecule has 0 radical (unpaired) electrons. The molecule has 2 N–H and O–H groups in total. The van der Waals surface area contributed by atoms with Crippen molar-refractivity contribution in [2.24, 2.45) is 0 Å². The van der Waals surface area contributed by atoms with Crippen LogP contribution in [0.2, 0.25) is 5.02 Å². The van der Waals surface area contributed by atoms with Gasteiger partial charge in [0.2, 0.25) is 0 Å². The average Bonchev–Trinajstić information content (AvgIpc) is 3.07. The van der Waals surface area contributed by atoms with E-state index in [1.165, 1.54) is 24.1 Å². The van der Waals surface area contributed by atoms with Gasteiger partial charge in [0.25, 0.3) is 0 Å². The van der Waals surface area contributed by atoms with E-state index in [0.29, 0.717) is 11.6 Å². The van der Waals surface area contributed by atoms with E-state index < -0.39 is 6.36 Å². The zero-order valence-corrected chi connectivity index (χ0v) is 19.4. The lowest BCUT2D eigenvalue weighted by molar-refractivity contribution is -0.274. The highest BCUT2D eigenvalue weighted by Crippen LogP contribution is 2.34. The molecule has 0 saturated heterocycles. The van der Waals surface area contributed by atoms with E-state index in [1.54, 1.807) is 12.1 Å². The fourth-order valence-electron chi connectivity index (χ4n) is 3.44. The van der Waals surface area contributed by atoms with Gasteiger partial charge in [0.15, 0.2) is 0 Å². The third-order valence-electron chi connectivity index (χ3n) is 4.89. The highest BCUT2D eigenvalue weighted by atomic mass is 35.5. The van der Waals surface area contributed by atoms with Gasteiger partial charge in [-0.25, -0.2) is 0 Å². The van der Waals surface area contributed by atoms with Crippen molar-refractivity contribution < 1.29 is 17.9 Å². The van der Waals surface area contributed by atoms with E-state index in [4.69, 9.17) is 11.6 Å². The minimum absolute atomic E-state index is 0.249. The lowest BCUT2D eigenvalue weighted by Gasteiger charge is -2.11. The van der Waals surface area contributed by atoms with Crippen molar-refractivity contribution in [3.8, 4) is 5.75 Å². The van der Waals surface area contributed by atoms with Crippen LogP contribution in [0.5, 0.6) is 5.75 Å². The van der Waals surface area contributed by atoms with Gasteiger partial charge in [0.05, 0.1) is 16.2 Å². The van der Waals surface area contributed by atoms with Crippen molar-refractivity contribution in [1.82, 2.24) is 9.29 Å². The second kappa shape index (κ2) is 9.59. The smallest absolute Gasteiger partial charge is 0.406 e. The van der Waals surface area contributed by atoms with E-state index in [-0.39, 0.29) is 5.75 Å². The molecule has 0 fully saturated rings. The Labute approximate surface area is 198 Å². The molecule has 33 heavy (non-hydrogen) atoms. The molecule has 4 nitrogen and oxygen atoms in total. The molecule has 0 aliphatic heterocycles. The second-order valence-corrected chi connectivity index (χ2v) is 8.92. The Morgan fingerprint density at radius 1 is 1.03 bits per heavy atom. The molecule has 0 bridgehead atoms. The second-order valence-electron chi connectivity index (χ2n) is 7.46. The summed E-state index contributed by atoms with van der Waals surface area (Å²) >= 11 is 7.78. The number of nitrogens with one attached hydrogen (secondary N) is 2. The van der Waals surface area contributed by atoms with Crippen LogP contribution in [0.15, 0.2) is 71.8 Å². The predicted molar refractivity (Wildman–Crippen MR) is 129 cm³/mol. The Hall–Kier alpha value is -2.81. The third kappa shape index (κ3) is 5.76. The lowest BCUT2D eigenvalue weighted by atomic mass is 10.1. The Morgan fingerprint density at radius 2 is 1.79 bits per heavy atom.